The van der Waals surface area contributed by atoms with Crippen LogP contribution < -0.4 is 5.14 Å². The highest BCUT2D eigenvalue weighted by Crippen LogP contribution is 2.36. The third-order valence-corrected chi connectivity index (χ3v) is 3.91. The number of nitrogens with two attached hydrogens (primary N) is 1. The molecule has 1 fully saturated rings. The van der Waals surface area contributed by atoms with Crippen LogP contribution in [0.2, 0.25) is 0 Å². The molecule has 1 aromatic rings. The molecule has 0 spiro atoms. The molecule has 2 N–H and O–H groups in total. The molecule has 1 atom stereocenters. The molecule has 0 saturated carbocycles. The van der Waals surface area contributed by atoms with Gasteiger partial charge in [0, 0.05) is 12.6 Å². The Morgan fingerprint density at radius 1 is 1.44 bits per heavy atom. The van der Waals surface area contributed by atoms with Crippen molar-refractivity contribution in [1.82, 2.24) is 14.8 Å². The minimum absolute atomic E-state index is 0.107. The number of rotatable bonds is 3. The second kappa shape index (κ2) is 4.29. The molecule has 0 bridgehead atoms. The Morgan fingerprint density at radius 2 is 2.11 bits per heavy atom. The van der Waals surface area contributed by atoms with Crippen LogP contribution in [0, 0.1) is 0 Å². The molecule has 1 aromatic heterocycles. The van der Waals surface area contributed by atoms with E-state index in [0.717, 1.165) is 12.8 Å². The lowest BCUT2D eigenvalue weighted by Gasteiger charge is -2.24. The summed E-state index contributed by atoms with van der Waals surface area (Å²) in [5, 5.41) is 12.7. The Balaban J connectivity index is 2.59. The van der Waals surface area contributed by atoms with Gasteiger partial charge in [0.05, 0.1) is 0 Å². The summed E-state index contributed by atoms with van der Waals surface area (Å²) in [5.41, 5.74) is -0.583. The van der Waals surface area contributed by atoms with Crippen LogP contribution >= 0.6 is 0 Å². The number of sulfonamides is 1. The van der Waals surface area contributed by atoms with E-state index < -0.39 is 15.6 Å². The molecule has 2 rings (SSSR count). The normalized spacial score (nSPS) is 24.9. The lowest BCUT2D eigenvalue weighted by Crippen LogP contribution is -2.28. The minimum atomic E-state index is -3.88. The van der Waals surface area contributed by atoms with Crippen LogP contribution in [0.3, 0.4) is 0 Å². The molecule has 1 aliphatic rings. The maximum absolute atomic E-state index is 11.5. The fraction of sp³-hybridized carbons (Fsp3) is 0.800. The van der Waals surface area contributed by atoms with Crippen molar-refractivity contribution in [3.05, 3.63) is 5.82 Å². The molecule has 18 heavy (non-hydrogen) atoms. The fourth-order valence-electron chi connectivity index (χ4n) is 2.25. The number of hydrogen-bond acceptors (Lipinski definition) is 5. The Kier molecular flexibility index (Phi) is 3.20. The maximum atomic E-state index is 11.5. The summed E-state index contributed by atoms with van der Waals surface area (Å²) >= 11 is 0. The van der Waals surface area contributed by atoms with Crippen molar-refractivity contribution >= 4 is 10.0 Å². The first kappa shape index (κ1) is 13.4. The van der Waals surface area contributed by atoms with Crippen molar-refractivity contribution in [1.29, 1.82) is 0 Å². The predicted molar refractivity (Wildman–Crippen MR) is 64.3 cm³/mol. The number of hydrogen-bond donors (Lipinski definition) is 1. The van der Waals surface area contributed by atoms with Gasteiger partial charge in [-0.25, -0.2) is 13.6 Å². The topological polar surface area (TPSA) is 100 Å². The zero-order valence-electron chi connectivity index (χ0n) is 10.8. The largest absolute Gasteiger partial charge is 0.367 e. The van der Waals surface area contributed by atoms with Crippen LogP contribution in [0.5, 0.6) is 0 Å². The Bertz CT molecular complexity index is 543. The van der Waals surface area contributed by atoms with Crippen molar-refractivity contribution in [2.45, 2.75) is 50.4 Å². The summed E-state index contributed by atoms with van der Waals surface area (Å²) in [4.78, 5) is 0. The van der Waals surface area contributed by atoms with Gasteiger partial charge in [-0.05, 0) is 33.6 Å². The molecule has 2 heterocycles. The van der Waals surface area contributed by atoms with Crippen molar-refractivity contribution in [2.75, 3.05) is 6.61 Å². The van der Waals surface area contributed by atoms with E-state index in [0.29, 0.717) is 12.4 Å². The van der Waals surface area contributed by atoms with Crippen molar-refractivity contribution in [2.24, 2.45) is 5.14 Å². The van der Waals surface area contributed by atoms with Crippen LogP contribution in [-0.4, -0.2) is 29.8 Å². The molecular weight excluding hydrogens is 256 g/mol. The van der Waals surface area contributed by atoms with Gasteiger partial charge >= 0.3 is 0 Å². The number of ether oxygens (including phenoxy) is 1. The molecule has 102 valence electrons. The zero-order valence-corrected chi connectivity index (χ0v) is 11.6. The SMILES string of the molecule is CC(C)n1c(C2(C)CCCO2)nnc1S(N)(=O)=O. The fourth-order valence-corrected chi connectivity index (χ4v) is 2.98. The Labute approximate surface area is 106 Å². The smallest absolute Gasteiger partial charge is 0.273 e. The highest BCUT2D eigenvalue weighted by molar-refractivity contribution is 7.89. The quantitative estimate of drug-likeness (QED) is 0.866. The van der Waals surface area contributed by atoms with Gasteiger partial charge in [-0.3, -0.25) is 4.57 Å². The predicted octanol–water partition coefficient (Wildman–Crippen LogP) is 0.532. The van der Waals surface area contributed by atoms with Gasteiger partial charge in [0.25, 0.3) is 15.2 Å². The molecule has 0 radical (unpaired) electrons. The first-order valence-electron chi connectivity index (χ1n) is 5.88. The number of primary sulfonamides is 1. The second-order valence-electron chi connectivity index (χ2n) is 5.00. The highest BCUT2D eigenvalue weighted by Gasteiger charge is 2.39. The van der Waals surface area contributed by atoms with E-state index in [9.17, 15) is 8.42 Å². The summed E-state index contributed by atoms with van der Waals surface area (Å²) in [6.45, 7) is 6.27. The zero-order chi connectivity index (χ0) is 13.6. The van der Waals surface area contributed by atoms with Gasteiger partial charge in [-0.2, -0.15) is 0 Å². The summed E-state index contributed by atoms with van der Waals surface area (Å²) in [5.74, 6) is 0.527. The first-order valence-corrected chi connectivity index (χ1v) is 7.42. The molecule has 1 unspecified atom stereocenters. The van der Waals surface area contributed by atoms with E-state index in [1.165, 1.54) is 0 Å². The summed E-state index contributed by atoms with van der Waals surface area (Å²) in [6.07, 6.45) is 1.72. The van der Waals surface area contributed by atoms with E-state index in [1.54, 1.807) is 4.57 Å². The summed E-state index contributed by atoms with van der Waals surface area (Å²) in [7, 11) is -3.88. The van der Waals surface area contributed by atoms with Gasteiger partial charge in [0.2, 0.25) is 0 Å². The van der Waals surface area contributed by atoms with Crippen molar-refractivity contribution < 1.29 is 13.2 Å². The molecule has 0 amide bonds. The van der Waals surface area contributed by atoms with Crippen LogP contribution in [0.15, 0.2) is 5.16 Å². The van der Waals surface area contributed by atoms with Crippen molar-refractivity contribution in [3.8, 4) is 0 Å². The average molecular weight is 274 g/mol. The molecular formula is C10H18N4O3S. The van der Waals surface area contributed by atoms with Crippen LogP contribution in [0.25, 0.3) is 0 Å². The standard InChI is InChI=1S/C10H18N4O3S/c1-7(2)14-8(10(3)5-4-6-17-10)12-13-9(14)18(11,15)16/h7H,4-6H2,1-3H3,(H2,11,15,16). The lowest BCUT2D eigenvalue weighted by atomic mass is 10.0. The van der Waals surface area contributed by atoms with Gasteiger partial charge in [0.15, 0.2) is 5.82 Å². The minimum Gasteiger partial charge on any atom is -0.367 e. The Morgan fingerprint density at radius 3 is 2.56 bits per heavy atom. The van der Waals surface area contributed by atoms with E-state index in [2.05, 4.69) is 10.2 Å². The van der Waals surface area contributed by atoms with Crippen LogP contribution in [0.1, 0.15) is 45.5 Å². The third-order valence-electron chi connectivity index (χ3n) is 3.13. The van der Waals surface area contributed by atoms with Crippen LogP contribution in [0.4, 0.5) is 0 Å². The third kappa shape index (κ3) is 2.15. The molecule has 7 nitrogen and oxygen atoms in total. The molecule has 1 saturated heterocycles. The molecule has 0 aliphatic carbocycles. The Hall–Kier alpha value is -0.990. The highest BCUT2D eigenvalue weighted by atomic mass is 32.2. The van der Waals surface area contributed by atoms with E-state index >= 15 is 0 Å². The molecule has 1 aliphatic heterocycles. The number of nitrogens with zero attached hydrogens (tertiary/aromatic N) is 3. The second-order valence-corrected chi connectivity index (χ2v) is 6.45. The van der Waals surface area contributed by atoms with Crippen LogP contribution in [-0.2, 0) is 20.4 Å². The summed E-state index contributed by atoms with van der Waals surface area (Å²) in [6, 6.07) is -0.107. The molecule has 0 aromatic carbocycles. The lowest BCUT2D eigenvalue weighted by molar-refractivity contribution is 0.00498. The monoisotopic (exact) mass is 274 g/mol. The first-order chi connectivity index (χ1) is 8.26. The summed E-state index contributed by atoms with van der Waals surface area (Å²) < 4.78 is 30.2. The van der Waals surface area contributed by atoms with E-state index in [-0.39, 0.29) is 11.2 Å². The molecule has 8 heteroatoms. The average Bonchev–Trinajstić information content (AvgIpc) is 2.81. The van der Waals surface area contributed by atoms with Gasteiger partial charge in [-0.1, -0.05) is 0 Å². The maximum Gasteiger partial charge on any atom is 0.273 e. The van der Waals surface area contributed by atoms with Gasteiger partial charge in [0.1, 0.15) is 5.60 Å². The number of aromatic nitrogens is 3. The van der Waals surface area contributed by atoms with Gasteiger partial charge in [-0.15, -0.1) is 10.2 Å². The van der Waals surface area contributed by atoms with E-state index in [1.807, 2.05) is 20.8 Å². The van der Waals surface area contributed by atoms with Gasteiger partial charge < -0.3 is 4.74 Å². The van der Waals surface area contributed by atoms with Crippen molar-refractivity contribution in [3.63, 3.8) is 0 Å². The van der Waals surface area contributed by atoms with E-state index in [4.69, 9.17) is 9.88 Å².